The van der Waals surface area contributed by atoms with Crippen molar-refractivity contribution in [3.63, 3.8) is 0 Å². The SMILES string of the molecule is O=C(Nc1ccc(C(F)(F)F)cc1I)c1cc(Cl)c(F)cc1O. The van der Waals surface area contributed by atoms with Gasteiger partial charge in [0.05, 0.1) is 21.8 Å². The van der Waals surface area contributed by atoms with Gasteiger partial charge in [0.2, 0.25) is 0 Å². The molecule has 2 rings (SSSR count). The average Bonchev–Trinajstić information content (AvgIpc) is 2.43. The van der Waals surface area contributed by atoms with Gasteiger partial charge >= 0.3 is 6.18 Å². The zero-order valence-corrected chi connectivity index (χ0v) is 13.9. The maximum Gasteiger partial charge on any atom is 0.416 e. The summed E-state index contributed by atoms with van der Waals surface area (Å²) >= 11 is 7.18. The van der Waals surface area contributed by atoms with Gasteiger partial charge in [-0.3, -0.25) is 4.79 Å². The minimum atomic E-state index is -4.49. The monoisotopic (exact) mass is 459 g/mol. The van der Waals surface area contributed by atoms with E-state index in [2.05, 4.69) is 5.32 Å². The van der Waals surface area contributed by atoms with E-state index in [1.807, 2.05) is 0 Å². The molecule has 2 aromatic carbocycles. The molecule has 23 heavy (non-hydrogen) atoms. The Morgan fingerprint density at radius 3 is 2.43 bits per heavy atom. The number of nitrogens with one attached hydrogen (secondary N) is 1. The van der Waals surface area contributed by atoms with Crippen LogP contribution in [0.3, 0.4) is 0 Å². The summed E-state index contributed by atoms with van der Waals surface area (Å²) in [5.74, 6) is -2.36. The van der Waals surface area contributed by atoms with Crippen LogP contribution in [0.25, 0.3) is 0 Å². The predicted molar refractivity (Wildman–Crippen MR) is 85.2 cm³/mol. The highest BCUT2D eigenvalue weighted by Crippen LogP contribution is 2.33. The summed E-state index contributed by atoms with van der Waals surface area (Å²) < 4.78 is 51.1. The van der Waals surface area contributed by atoms with Crippen molar-refractivity contribution in [2.75, 3.05) is 5.32 Å². The number of aromatic hydroxyl groups is 1. The highest BCUT2D eigenvalue weighted by Gasteiger charge is 2.31. The molecule has 0 heterocycles. The molecular weight excluding hydrogens is 453 g/mol. The highest BCUT2D eigenvalue weighted by molar-refractivity contribution is 14.1. The summed E-state index contributed by atoms with van der Waals surface area (Å²) in [5.41, 5.74) is -1.04. The van der Waals surface area contributed by atoms with Crippen LogP contribution in [-0.2, 0) is 6.18 Å². The summed E-state index contributed by atoms with van der Waals surface area (Å²) in [6, 6.07) is 4.38. The van der Waals surface area contributed by atoms with Gasteiger partial charge in [-0.1, -0.05) is 11.6 Å². The normalized spacial score (nSPS) is 11.4. The maximum absolute atomic E-state index is 13.1. The smallest absolute Gasteiger partial charge is 0.416 e. The van der Waals surface area contributed by atoms with Gasteiger partial charge in [-0.15, -0.1) is 0 Å². The molecule has 2 aromatic rings. The summed E-state index contributed by atoms with van der Waals surface area (Å²) in [7, 11) is 0. The largest absolute Gasteiger partial charge is 0.507 e. The van der Waals surface area contributed by atoms with E-state index in [-0.39, 0.29) is 19.8 Å². The zero-order valence-electron chi connectivity index (χ0n) is 11.0. The van der Waals surface area contributed by atoms with Crippen molar-refractivity contribution >= 4 is 45.8 Å². The van der Waals surface area contributed by atoms with Crippen LogP contribution in [0.2, 0.25) is 5.02 Å². The molecule has 0 atom stereocenters. The number of phenols is 1. The van der Waals surface area contributed by atoms with Gasteiger partial charge in [0, 0.05) is 9.64 Å². The van der Waals surface area contributed by atoms with Crippen molar-refractivity contribution in [3.8, 4) is 5.75 Å². The topological polar surface area (TPSA) is 49.3 Å². The van der Waals surface area contributed by atoms with Crippen molar-refractivity contribution in [1.29, 1.82) is 0 Å². The molecule has 3 nitrogen and oxygen atoms in total. The van der Waals surface area contributed by atoms with E-state index in [0.29, 0.717) is 6.07 Å². The van der Waals surface area contributed by atoms with Crippen molar-refractivity contribution in [3.05, 3.63) is 55.9 Å². The van der Waals surface area contributed by atoms with E-state index in [0.717, 1.165) is 24.3 Å². The van der Waals surface area contributed by atoms with Crippen LogP contribution in [-0.4, -0.2) is 11.0 Å². The van der Waals surface area contributed by atoms with E-state index in [4.69, 9.17) is 11.6 Å². The number of amides is 1. The van der Waals surface area contributed by atoms with Gasteiger partial charge in [-0.25, -0.2) is 4.39 Å². The number of phenolic OH excluding ortho intramolecular Hbond substituents is 1. The number of hydrogen-bond acceptors (Lipinski definition) is 2. The quantitative estimate of drug-likeness (QED) is 0.487. The Balaban J connectivity index is 2.29. The summed E-state index contributed by atoms with van der Waals surface area (Å²) in [5, 5.41) is 11.5. The molecule has 0 fully saturated rings. The van der Waals surface area contributed by atoms with Crippen molar-refractivity contribution in [2.24, 2.45) is 0 Å². The Hall–Kier alpha value is -1.55. The van der Waals surface area contributed by atoms with Crippen LogP contribution < -0.4 is 5.32 Å². The second-order valence-electron chi connectivity index (χ2n) is 4.43. The highest BCUT2D eigenvalue weighted by atomic mass is 127. The van der Waals surface area contributed by atoms with E-state index < -0.39 is 29.2 Å². The van der Waals surface area contributed by atoms with Crippen LogP contribution in [0.15, 0.2) is 30.3 Å². The molecule has 0 saturated heterocycles. The lowest BCUT2D eigenvalue weighted by molar-refractivity contribution is -0.137. The maximum atomic E-state index is 13.1. The van der Waals surface area contributed by atoms with Gasteiger partial charge in [0.25, 0.3) is 5.91 Å². The van der Waals surface area contributed by atoms with E-state index >= 15 is 0 Å². The van der Waals surface area contributed by atoms with Crippen LogP contribution >= 0.6 is 34.2 Å². The molecule has 2 N–H and O–H groups in total. The number of carbonyl (C=O) groups excluding carboxylic acids is 1. The fraction of sp³-hybridized carbons (Fsp3) is 0.0714. The second-order valence-corrected chi connectivity index (χ2v) is 6.00. The number of rotatable bonds is 2. The number of anilines is 1. The van der Waals surface area contributed by atoms with Crippen molar-refractivity contribution in [2.45, 2.75) is 6.18 Å². The number of carbonyl (C=O) groups is 1. The Kier molecular flexibility index (Phi) is 5.04. The number of alkyl halides is 3. The molecule has 1 amide bonds. The van der Waals surface area contributed by atoms with E-state index in [1.54, 1.807) is 22.6 Å². The zero-order chi connectivity index (χ0) is 17.4. The summed E-state index contributed by atoms with van der Waals surface area (Å²) in [6.45, 7) is 0. The molecule has 0 unspecified atom stereocenters. The first-order valence-corrected chi connectivity index (χ1v) is 7.41. The first-order valence-electron chi connectivity index (χ1n) is 5.95. The lowest BCUT2D eigenvalue weighted by Crippen LogP contribution is -2.14. The Labute approximate surface area is 146 Å². The molecular formula is C14H7ClF4INO2. The third kappa shape index (κ3) is 4.05. The van der Waals surface area contributed by atoms with Crippen molar-refractivity contribution < 1.29 is 27.5 Å². The Morgan fingerprint density at radius 2 is 1.87 bits per heavy atom. The van der Waals surface area contributed by atoms with Gasteiger partial charge in [-0.05, 0) is 46.9 Å². The third-order valence-corrected chi connectivity index (χ3v) is 4.01. The molecule has 0 aliphatic heterocycles. The van der Waals surface area contributed by atoms with E-state index in [9.17, 15) is 27.5 Å². The molecule has 0 aliphatic carbocycles. The molecule has 0 bridgehead atoms. The third-order valence-electron chi connectivity index (χ3n) is 2.83. The minimum Gasteiger partial charge on any atom is -0.507 e. The molecule has 0 aromatic heterocycles. The summed E-state index contributed by atoms with van der Waals surface area (Å²) in [6.07, 6.45) is -4.49. The summed E-state index contributed by atoms with van der Waals surface area (Å²) in [4.78, 5) is 12.1. The first kappa shape index (κ1) is 17.8. The number of hydrogen-bond donors (Lipinski definition) is 2. The lowest BCUT2D eigenvalue weighted by atomic mass is 10.1. The van der Waals surface area contributed by atoms with Crippen LogP contribution in [0.4, 0.5) is 23.2 Å². The number of halogens is 6. The van der Waals surface area contributed by atoms with Crippen LogP contribution in [0.5, 0.6) is 5.75 Å². The van der Waals surface area contributed by atoms with Gasteiger partial charge in [-0.2, -0.15) is 13.2 Å². The fourth-order valence-electron chi connectivity index (χ4n) is 1.70. The minimum absolute atomic E-state index is 0.114. The van der Waals surface area contributed by atoms with Crippen LogP contribution in [0.1, 0.15) is 15.9 Å². The first-order chi connectivity index (χ1) is 10.6. The predicted octanol–water partition coefficient (Wildman–Crippen LogP) is 5.06. The Bertz CT molecular complexity index is 780. The van der Waals surface area contributed by atoms with Crippen LogP contribution in [0, 0.1) is 9.39 Å². The van der Waals surface area contributed by atoms with Gasteiger partial charge in [0.1, 0.15) is 11.6 Å². The average molecular weight is 460 g/mol. The van der Waals surface area contributed by atoms with Gasteiger partial charge < -0.3 is 10.4 Å². The van der Waals surface area contributed by atoms with Crippen molar-refractivity contribution in [1.82, 2.24) is 0 Å². The standard InChI is InChI=1S/C14H7ClF4INO2/c15-8-4-7(12(22)5-9(8)16)13(23)21-11-2-1-6(3-10(11)20)14(17,18)19/h1-5,22H,(H,21,23). The molecule has 0 saturated carbocycles. The van der Waals surface area contributed by atoms with Gasteiger partial charge in [0.15, 0.2) is 0 Å². The number of benzene rings is 2. The fourth-order valence-corrected chi connectivity index (χ4v) is 2.51. The molecule has 0 spiro atoms. The molecule has 122 valence electrons. The molecule has 9 heteroatoms. The van der Waals surface area contributed by atoms with E-state index in [1.165, 1.54) is 0 Å². The second kappa shape index (κ2) is 6.52. The molecule has 0 radical (unpaired) electrons. The lowest BCUT2D eigenvalue weighted by Gasteiger charge is -2.12. The Morgan fingerprint density at radius 1 is 1.22 bits per heavy atom. The molecule has 0 aliphatic rings.